The van der Waals surface area contributed by atoms with Crippen LogP contribution < -0.4 is 15.4 Å². The van der Waals surface area contributed by atoms with Gasteiger partial charge < -0.3 is 20.1 Å². The van der Waals surface area contributed by atoms with E-state index >= 15 is 0 Å². The Morgan fingerprint density at radius 2 is 2.33 bits per heavy atom. The number of ether oxygens (including phenoxy) is 2. The number of rotatable bonds is 5. The van der Waals surface area contributed by atoms with Gasteiger partial charge in [-0.15, -0.1) is 12.4 Å². The average Bonchev–Trinajstić information content (AvgIpc) is 2.45. The van der Waals surface area contributed by atoms with Crippen molar-refractivity contribution in [3.8, 4) is 5.75 Å². The Morgan fingerprint density at radius 3 is 3.00 bits per heavy atom. The molecule has 2 rings (SSSR count). The molecular formula is C13H17ClF2N2O3. The SMILES string of the molecule is Cl.O=C(NCc1cccc(OC(F)F)c1)C1COCCN1. The second kappa shape index (κ2) is 8.76. The van der Waals surface area contributed by atoms with E-state index in [9.17, 15) is 13.6 Å². The summed E-state index contributed by atoms with van der Waals surface area (Å²) in [5.41, 5.74) is 0.688. The standard InChI is InChI=1S/C13H16F2N2O3.ClH/c14-13(15)20-10-3-1-2-9(6-10)7-17-12(18)11-8-19-5-4-16-11;/h1-3,6,11,13,16H,4-5,7-8H2,(H,17,18);1H. The normalized spacial score (nSPS) is 18.0. The number of benzene rings is 1. The molecule has 0 radical (unpaired) electrons. The number of nitrogens with one attached hydrogen (secondary N) is 2. The van der Waals surface area contributed by atoms with Crippen molar-refractivity contribution in [3.63, 3.8) is 0 Å². The van der Waals surface area contributed by atoms with Gasteiger partial charge in [-0.25, -0.2) is 0 Å². The maximum Gasteiger partial charge on any atom is 0.387 e. The van der Waals surface area contributed by atoms with Crippen LogP contribution in [-0.2, 0) is 16.1 Å². The zero-order valence-electron chi connectivity index (χ0n) is 11.2. The molecule has 8 heteroatoms. The highest BCUT2D eigenvalue weighted by atomic mass is 35.5. The fourth-order valence-corrected chi connectivity index (χ4v) is 1.88. The number of halogens is 3. The lowest BCUT2D eigenvalue weighted by Gasteiger charge is -2.22. The Labute approximate surface area is 127 Å². The van der Waals surface area contributed by atoms with Crippen molar-refractivity contribution in [1.82, 2.24) is 10.6 Å². The summed E-state index contributed by atoms with van der Waals surface area (Å²) in [5, 5.41) is 5.76. The summed E-state index contributed by atoms with van der Waals surface area (Å²) in [7, 11) is 0. The molecule has 1 saturated heterocycles. The van der Waals surface area contributed by atoms with Gasteiger partial charge in [-0.05, 0) is 17.7 Å². The van der Waals surface area contributed by atoms with Crippen molar-refractivity contribution < 1.29 is 23.0 Å². The fraction of sp³-hybridized carbons (Fsp3) is 0.462. The Morgan fingerprint density at radius 1 is 1.52 bits per heavy atom. The predicted octanol–water partition coefficient (Wildman–Crippen LogP) is 1.31. The van der Waals surface area contributed by atoms with Crippen LogP contribution in [0.1, 0.15) is 5.56 Å². The first-order valence-electron chi connectivity index (χ1n) is 6.28. The molecule has 1 unspecified atom stereocenters. The summed E-state index contributed by atoms with van der Waals surface area (Å²) >= 11 is 0. The third kappa shape index (κ3) is 5.82. The van der Waals surface area contributed by atoms with E-state index in [1.54, 1.807) is 12.1 Å². The lowest BCUT2D eigenvalue weighted by molar-refractivity contribution is -0.126. The maximum atomic E-state index is 12.1. The van der Waals surface area contributed by atoms with Gasteiger partial charge in [0.15, 0.2) is 0 Å². The van der Waals surface area contributed by atoms with E-state index in [0.29, 0.717) is 25.3 Å². The van der Waals surface area contributed by atoms with Crippen molar-refractivity contribution in [2.75, 3.05) is 19.8 Å². The van der Waals surface area contributed by atoms with E-state index in [0.717, 1.165) is 0 Å². The Bertz CT molecular complexity index is 457. The van der Waals surface area contributed by atoms with E-state index in [1.807, 2.05) is 0 Å². The van der Waals surface area contributed by atoms with Crippen LogP contribution in [0, 0.1) is 0 Å². The molecule has 21 heavy (non-hydrogen) atoms. The van der Waals surface area contributed by atoms with E-state index in [4.69, 9.17) is 4.74 Å². The monoisotopic (exact) mass is 322 g/mol. The molecule has 1 aromatic carbocycles. The van der Waals surface area contributed by atoms with Gasteiger partial charge in [0.05, 0.1) is 13.2 Å². The molecule has 0 aromatic heterocycles. The number of alkyl halides is 2. The average molecular weight is 323 g/mol. The summed E-state index contributed by atoms with van der Waals surface area (Å²) in [6.45, 7) is -1.05. The number of carbonyl (C=O) groups is 1. The van der Waals surface area contributed by atoms with Crippen LogP contribution in [0.5, 0.6) is 5.75 Å². The van der Waals surface area contributed by atoms with Crippen LogP contribution in [0.15, 0.2) is 24.3 Å². The Hall–Kier alpha value is -1.44. The predicted molar refractivity (Wildman–Crippen MR) is 74.8 cm³/mol. The summed E-state index contributed by atoms with van der Waals surface area (Å²) in [6.07, 6.45) is 0. The molecule has 0 spiro atoms. The third-order valence-corrected chi connectivity index (χ3v) is 2.83. The minimum atomic E-state index is -2.86. The first kappa shape index (κ1) is 17.6. The molecule has 0 bridgehead atoms. The van der Waals surface area contributed by atoms with E-state index < -0.39 is 6.61 Å². The second-order valence-corrected chi connectivity index (χ2v) is 4.33. The number of hydrogen-bond acceptors (Lipinski definition) is 4. The molecule has 1 aliphatic rings. The fourth-order valence-electron chi connectivity index (χ4n) is 1.88. The van der Waals surface area contributed by atoms with Gasteiger partial charge in [0, 0.05) is 13.1 Å². The van der Waals surface area contributed by atoms with Crippen LogP contribution in [-0.4, -0.2) is 38.3 Å². The van der Waals surface area contributed by atoms with Gasteiger partial charge in [0.1, 0.15) is 11.8 Å². The second-order valence-electron chi connectivity index (χ2n) is 4.33. The Balaban J connectivity index is 0.00000220. The van der Waals surface area contributed by atoms with Gasteiger partial charge >= 0.3 is 6.61 Å². The van der Waals surface area contributed by atoms with Crippen molar-refractivity contribution in [2.45, 2.75) is 19.2 Å². The molecule has 1 fully saturated rings. The summed E-state index contributed by atoms with van der Waals surface area (Å²) in [6, 6.07) is 5.86. The highest BCUT2D eigenvalue weighted by Crippen LogP contribution is 2.15. The van der Waals surface area contributed by atoms with Crippen molar-refractivity contribution in [2.24, 2.45) is 0 Å². The number of morpholine rings is 1. The van der Waals surface area contributed by atoms with Crippen LogP contribution in [0.3, 0.4) is 0 Å². The van der Waals surface area contributed by atoms with Crippen LogP contribution >= 0.6 is 12.4 Å². The minimum absolute atomic E-state index is 0. The van der Waals surface area contributed by atoms with Gasteiger partial charge in [-0.3, -0.25) is 4.79 Å². The molecule has 2 N–H and O–H groups in total. The van der Waals surface area contributed by atoms with Crippen molar-refractivity contribution in [1.29, 1.82) is 0 Å². The zero-order valence-corrected chi connectivity index (χ0v) is 12.0. The highest BCUT2D eigenvalue weighted by molar-refractivity contribution is 5.85. The molecule has 1 amide bonds. The molecule has 0 aliphatic carbocycles. The van der Waals surface area contributed by atoms with Crippen molar-refractivity contribution >= 4 is 18.3 Å². The molecule has 1 heterocycles. The van der Waals surface area contributed by atoms with Gasteiger partial charge in [-0.2, -0.15) is 8.78 Å². The molecule has 1 atom stereocenters. The summed E-state index contributed by atoms with van der Waals surface area (Å²) in [5.74, 6) is -0.101. The van der Waals surface area contributed by atoms with Crippen LogP contribution in [0.4, 0.5) is 8.78 Å². The van der Waals surface area contributed by atoms with Gasteiger partial charge in [0.25, 0.3) is 0 Å². The van der Waals surface area contributed by atoms with Crippen LogP contribution in [0.25, 0.3) is 0 Å². The first-order valence-corrected chi connectivity index (χ1v) is 6.28. The summed E-state index contributed by atoms with van der Waals surface area (Å²) < 4.78 is 33.7. The van der Waals surface area contributed by atoms with Crippen LogP contribution in [0.2, 0.25) is 0 Å². The third-order valence-electron chi connectivity index (χ3n) is 2.83. The number of hydrogen-bond donors (Lipinski definition) is 2. The lowest BCUT2D eigenvalue weighted by Crippen LogP contribution is -2.51. The zero-order chi connectivity index (χ0) is 14.4. The largest absolute Gasteiger partial charge is 0.435 e. The van der Waals surface area contributed by atoms with Crippen molar-refractivity contribution in [3.05, 3.63) is 29.8 Å². The molecule has 1 aromatic rings. The quantitative estimate of drug-likeness (QED) is 0.858. The molecular weight excluding hydrogens is 306 g/mol. The van der Waals surface area contributed by atoms with Gasteiger partial charge in [0.2, 0.25) is 5.91 Å². The lowest BCUT2D eigenvalue weighted by atomic mass is 10.2. The maximum absolute atomic E-state index is 12.1. The van der Waals surface area contributed by atoms with E-state index in [-0.39, 0.29) is 36.7 Å². The molecule has 0 saturated carbocycles. The molecule has 1 aliphatic heterocycles. The number of carbonyl (C=O) groups excluding carboxylic acids is 1. The smallest absolute Gasteiger partial charge is 0.387 e. The Kier molecular flexibility index (Phi) is 7.35. The molecule has 5 nitrogen and oxygen atoms in total. The topological polar surface area (TPSA) is 59.6 Å². The first-order chi connectivity index (χ1) is 9.65. The number of amides is 1. The highest BCUT2D eigenvalue weighted by Gasteiger charge is 2.20. The van der Waals surface area contributed by atoms with Gasteiger partial charge in [-0.1, -0.05) is 12.1 Å². The summed E-state index contributed by atoms with van der Waals surface area (Å²) in [4.78, 5) is 11.8. The van der Waals surface area contributed by atoms with E-state index in [2.05, 4.69) is 15.4 Å². The minimum Gasteiger partial charge on any atom is -0.435 e. The van der Waals surface area contributed by atoms with E-state index in [1.165, 1.54) is 12.1 Å². The molecule has 118 valence electrons.